The fourth-order valence-electron chi connectivity index (χ4n) is 4.08. The molecule has 2 saturated heterocycles. The summed E-state index contributed by atoms with van der Waals surface area (Å²) in [5.41, 5.74) is 2.91. The Bertz CT molecular complexity index is 1200. The predicted molar refractivity (Wildman–Crippen MR) is 127 cm³/mol. The summed E-state index contributed by atoms with van der Waals surface area (Å²) in [5.74, 6) is 0.477. The second-order valence-corrected chi connectivity index (χ2v) is 11.1. The minimum absolute atomic E-state index is 0.183. The molecule has 4 unspecified atom stereocenters. The van der Waals surface area contributed by atoms with Crippen LogP contribution >= 0.6 is 11.3 Å². The number of thiophene rings is 1. The Morgan fingerprint density at radius 2 is 1.76 bits per heavy atom. The lowest BCUT2D eigenvalue weighted by atomic mass is 10.1. The maximum atomic E-state index is 12.6. The van der Waals surface area contributed by atoms with Gasteiger partial charge in [-0.25, -0.2) is 23.1 Å². The third kappa shape index (κ3) is 4.59. The number of hydrogen-bond donors (Lipinski definition) is 2. The number of benzene rings is 1. The number of hydrogen-bond acceptors (Lipinski definition) is 9. The molecule has 33 heavy (non-hydrogen) atoms. The van der Waals surface area contributed by atoms with E-state index in [0.717, 1.165) is 16.9 Å². The standard InChI is InChI=1S/C22H25N5O4S2/c1-27(2)15-7-5-14(6-8-15)16-9-10-23-22(24-16)25-17-12-30-21-18(13-31-20(17)21)26-33(28,29)19-4-3-11-32-19/h3-11,17-18,20-21,26H,12-13H2,1-2H3,(H,23,24,25). The second-order valence-electron chi connectivity index (χ2n) is 8.21. The highest BCUT2D eigenvalue weighted by molar-refractivity contribution is 7.91. The van der Waals surface area contributed by atoms with Gasteiger partial charge in [-0.05, 0) is 29.6 Å². The van der Waals surface area contributed by atoms with E-state index in [9.17, 15) is 8.42 Å². The third-order valence-corrected chi connectivity index (χ3v) is 8.66. The minimum Gasteiger partial charge on any atom is -0.378 e. The number of aromatic nitrogens is 2. The normalized spacial score (nSPS) is 24.5. The number of sulfonamides is 1. The third-order valence-electron chi connectivity index (χ3n) is 5.77. The zero-order valence-corrected chi connectivity index (χ0v) is 19.8. The molecule has 2 aliphatic heterocycles. The van der Waals surface area contributed by atoms with Gasteiger partial charge < -0.3 is 19.7 Å². The highest BCUT2D eigenvalue weighted by Gasteiger charge is 2.49. The first-order valence-electron chi connectivity index (χ1n) is 10.6. The molecular formula is C22H25N5O4S2. The molecule has 0 amide bonds. The first-order valence-corrected chi connectivity index (χ1v) is 12.9. The molecule has 1 aromatic carbocycles. The molecule has 0 radical (unpaired) electrons. The number of nitrogens with one attached hydrogen (secondary N) is 2. The monoisotopic (exact) mass is 487 g/mol. The highest BCUT2D eigenvalue weighted by Crippen LogP contribution is 2.30. The molecule has 174 valence electrons. The van der Waals surface area contributed by atoms with Crippen molar-refractivity contribution in [3.8, 4) is 11.3 Å². The lowest BCUT2D eigenvalue weighted by Gasteiger charge is -2.18. The summed E-state index contributed by atoms with van der Waals surface area (Å²) in [6.45, 7) is 0.620. The molecule has 2 fully saturated rings. The van der Waals surface area contributed by atoms with Gasteiger partial charge in [0.2, 0.25) is 16.0 Å². The average molecular weight is 488 g/mol. The van der Waals surface area contributed by atoms with Crippen molar-refractivity contribution in [2.24, 2.45) is 0 Å². The fraction of sp³-hybridized carbons (Fsp3) is 0.364. The van der Waals surface area contributed by atoms with Gasteiger partial charge in [0.25, 0.3) is 0 Å². The predicted octanol–water partition coefficient (Wildman–Crippen LogP) is 2.20. The molecule has 4 heterocycles. The van der Waals surface area contributed by atoms with Crippen LogP contribution < -0.4 is 14.9 Å². The molecule has 0 saturated carbocycles. The molecule has 9 nitrogen and oxygen atoms in total. The van der Waals surface area contributed by atoms with Crippen molar-refractivity contribution in [3.63, 3.8) is 0 Å². The molecule has 5 rings (SSSR count). The van der Waals surface area contributed by atoms with E-state index in [4.69, 9.17) is 9.47 Å². The van der Waals surface area contributed by atoms with Crippen molar-refractivity contribution in [2.75, 3.05) is 37.5 Å². The number of nitrogens with zero attached hydrogens (tertiary/aromatic N) is 3. The molecule has 0 aliphatic carbocycles. The first-order chi connectivity index (χ1) is 15.9. The van der Waals surface area contributed by atoms with Gasteiger partial charge in [-0.15, -0.1) is 11.3 Å². The SMILES string of the molecule is CN(C)c1ccc(-c2ccnc(NC3COC4C(NS(=O)(=O)c5cccs5)COC34)n2)cc1. The van der Waals surface area contributed by atoms with Gasteiger partial charge in [-0.2, -0.15) is 0 Å². The van der Waals surface area contributed by atoms with Crippen molar-refractivity contribution < 1.29 is 17.9 Å². The van der Waals surface area contributed by atoms with Gasteiger partial charge in [0.05, 0.1) is 31.0 Å². The van der Waals surface area contributed by atoms with E-state index in [1.54, 1.807) is 23.7 Å². The van der Waals surface area contributed by atoms with Crippen molar-refractivity contribution in [1.82, 2.24) is 14.7 Å². The molecule has 4 atom stereocenters. The first kappa shape index (κ1) is 22.2. The Morgan fingerprint density at radius 3 is 2.45 bits per heavy atom. The van der Waals surface area contributed by atoms with Gasteiger partial charge in [0.1, 0.15) is 16.4 Å². The second kappa shape index (κ2) is 8.99. The van der Waals surface area contributed by atoms with Gasteiger partial charge in [-0.3, -0.25) is 0 Å². The van der Waals surface area contributed by atoms with E-state index >= 15 is 0 Å². The molecule has 2 aromatic heterocycles. The number of rotatable bonds is 7. The van der Waals surface area contributed by atoms with E-state index in [1.165, 1.54) is 11.3 Å². The maximum Gasteiger partial charge on any atom is 0.250 e. The summed E-state index contributed by atoms with van der Waals surface area (Å²) in [6.07, 6.45) is 1.04. The lowest BCUT2D eigenvalue weighted by molar-refractivity contribution is 0.0690. The van der Waals surface area contributed by atoms with Gasteiger partial charge in [0.15, 0.2) is 0 Å². The quantitative estimate of drug-likeness (QED) is 0.523. The summed E-state index contributed by atoms with van der Waals surface area (Å²) in [5, 5.41) is 5.04. The van der Waals surface area contributed by atoms with E-state index in [0.29, 0.717) is 12.6 Å². The molecule has 2 N–H and O–H groups in total. The number of anilines is 2. The van der Waals surface area contributed by atoms with Crippen LogP contribution in [0.25, 0.3) is 11.3 Å². The van der Waals surface area contributed by atoms with Gasteiger partial charge in [0, 0.05) is 31.5 Å². The molecule has 0 spiro atoms. The molecule has 2 aliphatic rings. The van der Waals surface area contributed by atoms with E-state index in [2.05, 4.69) is 20.0 Å². The summed E-state index contributed by atoms with van der Waals surface area (Å²) < 4.78 is 40.0. The van der Waals surface area contributed by atoms with Crippen molar-refractivity contribution in [1.29, 1.82) is 0 Å². The molecule has 3 aromatic rings. The maximum absolute atomic E-state index is 12.6. The number of fused-ring (bicyclic) bond motifs is 1. The van der Waals surface area contributed by atoms with Crippen LogP contribution in [0.5, 0.6) is 0 Å². The molecular weight excluding hydrogens is 462 g/mol. The molecule has 0 bridgehead atoms. The highest BCUT2D eigenvalue weighted by atomic mass is 32.2. The van der Waals surface area contributed by atoms with E-state index in [1.807, 2.05) is 49.3 Å². The van der Waals surface area contributed by atoms with Crippen LogP contribution in [0.3, 0.4) is 0 Å². The van der Waals surface area contributed by atoms with Crippen molar-refractivity contribution in [2.45, 2.75) is 28.5 Å². The summed E-state index contributed by atoms with van der Waals surface area (Å²) in [7, 11) is 0.403. The summed E-state index contributed by atoms with van der Waals surface area (Å²) in [6, 6.07) is 12.7. The average Bonchev–Trinajstić information content (AvgIpc) is 3.55. The Labute approximate surface area is 196 Å². The summed E-state index contributed by atoms with van der Waals surface area (Å²) in [4.78, 5) is 11.0. The Kier molecular flexibility index (Phi) is 6.06. The van der Waals surface area contributed by atoms with Crippen LogP contribution in [-0.2, 0) is 19.5 Å². The smallest absolute Gasteiger partial charge is 0.250 e. The zero-order valence-electron chi connectivity index (χ0n) is 18.2. The van der Waals surface area contributed by atoms with Crippen LogP contribution in [0.15, 0.2) is 58.3 Å². The van der Waals surface area contributed by atoms with Crippen molar-refractivity contribution in [3.05, 3.63) is 54.0 Å². The van der Waals surface area contributed by atoms with E-state index in [-0.39, 0.29) is 29.1 Å². The zero-order chi connectivity index (χ0) is 23.0. The topological polar surface area (TPSA) is 106 Å². The Morgan fingerprint density at radius 1 is 1.03 bits per heavy atom. The van der Waals surface area contributed by atoms with Crippen molar-refractivity contribution >= 4 is 33.0 Å². The Hall–Kier alpha value is -2.57. The van der Waals surface area contributed by atoms with Crippen LogP contribution in [0.4, 0.5) is 11.6 Å². The Balaban J connectivity index is 1.26. The van der Waals surface area contributed by atoms with Crippen LogP contribution in [0.2, 0.25) is 0 Å². The van der Waals surface area contributed by atoms with Crippen LogP contribution in [0, 0.1) is 0 Å². The number of ether oxygens (including phenoxy) is 2. The van der Waals surface area contributed by atoms with E-state index < -0.39 is 16.1 Å². The van der Waals surface area contributed by atoms with Gasteiger partial charge in [-0.1, -0.05) is 18.2 Å². The molecule has 11 heteroatoms. The lowest BCUT2D eigenvalue weighted by Crippen LogP contribution is -2.44. The largest absolute Gasteiger partial charge is 0.378 e. The van der Waals surface area contributed by atoms with Crippen LogP contribution in [0.1, 0.15) is 0 Å². The van der Waals surface area contributed by atoms with Gasteiger partial charge >= 0.3 is 0 Å². The minimum atomic E-state index is -3.60. The summed E-state index contributed by atoms with van der Waals surface area (Å²) >= 11 is 1.18. The van der Waals surface area contributed by atoms with Crippen LogP contribution in [-0.4, -0.2) is 70.0 Å². The fourth-order valence-corrected chi connectivity index (χ4v) is 6.32.